The minimum Gasteiger partial charge on any atom is -0.289 e. The van der Waals surface area contributed by atoms with Gasteiger partial charge >= 0.3 is 0 Å². The van der Waals surface area contributed by atoms with Crippen LogP contribution < -0.4 is 0 Å². The van der Waals surface area contributed by atoms with Gasteiger partial charge in [0.1, 0.15) is 0 Å². The van der Waals surface area contributed by atoms with Crippen molar-refractivity contribution in [1.29, 1.82) is 0 Å². The van der Waals surface area contributed by atoms with E-state index in [2.05, 4.69) is 11.7 Å². The summed E-state index contributed by atoms with van der Waals surface area (Å²) in [5, 5.41) is 0. The van der Waals surface area contributed by atoms with Gasteiger partial charge in [-0.15, -0.1) is 11.7 Å². The number of carbonyl (C=O) groups excluding carboxylic acids is 1. The maximum absolute atomic E-state index is 12.1. The fourth-order valence-corrected chi connectivity index (χ4v) is 2.37. The molecule has 0 aliphatic heterocycles. The Hall–Kier alpha value is -1.19. The molecule has 0 aromatic heterocycles. The molecule has 0 bridgehead atoms. The number of hydrogen-bond donors (Lipinski definition) is 1. The van der Waals surface area contributed by atoms with Crippen molar-refractivity contribution in [1.82, 2.24) is 0 Å². The summed E-state index contributed by atoms with van der Waals surface area (Å²) in [5.74, 6) is 0.916. The van der Waals surface area contributed by atoms with Crippen molar-refractivity contribution in [3.63, 3.8) is 0 Å². The predicted octanol–water partition coefficient (Wildman–Crippen LogP) is 4.00. The van der Waals surface area contributed by atoms with Crippen LogP contribution >= 0.6 is 22.5 Å². The largest absolute Gasteiger partial charge is 0.289 e. The third-order valence-electron chi connectivity index (χ3n) is 2.48. The fourth-order valence-electron chi connectivity index (χ4n) is 1.58. The molecule has 0 heterocycles. The Morgan fingerprint density at radius 1 is 0.941 bits per heavy atom. The van der Waals surface area contributed by atoms with Crippen molar-refractivity contribution in [2.45, 2.75) is 5.75 Å². The molecule has 17 heavy (non-hydrogen) atoms. The van der Waals surface area contributed by atoms with E-state index in [1.807, 2.05) is 54.6 Å². The summed E-state index contributed by atoms with van der Waals surface area (Å²) in [6.07, 6.45) is 0. The van der Waals surface area contributed by atoms with Crippen molar-refractivity contribution in [2.75, 3.05) is 0 Å². The third-order valence-corrected chi connectivity index (χ3v) is 3.33. The highest BCUT2D eigenvalue weighted by molar-refractivity contribution is 8.68. The van der Waals surface area contributed by atoms with Gasteiger partial charge in [0.05, 0.1) is 0 Å². The molecule has 0 amide bonds. The molecular formula is C14H12OS2. The van der Waals surface area contributed by atoms with E-state index in [-0.39, 0.29) is 5.78 Å². The van der Waals surface area contributed by atoms with Crippen LogP contribution in [0.1, 0.15) is 21.5 Å². The first-order valence-corrected chi connectivity index (χ1v) is 7.30. The Morgan fingerprint density at radius 3 is 2.12 bits per heavy atom. The summed E-state index contributed by atoms with van der Waals surface area (Å²) >= 11 is 4.11. The maximum Gasteiger partial charge on any atom is 0.193 e. The highest BCUT2D eigenvalue weighted by atomic mass is 33.1. The van der Waals surface area contributed by atoms with Gasteiger partial charge in [-0.3, -0.25) is 4.79 Å². The van der Waals surface area contributed by atoms with Crippen LogP contribution in [0.15, 0.2) is 54.6 Å². The highest BCUT2D eigenvalue weighted by Gasteiger charge is 2.07. The molecule has 0 radical (unpaired) electrons. The van der Waals surface area contributed by atoms with Crippen LogP contribution in [-0.4, -0.2) is 5.78 Å². The fraction of sp³-hybridized carbons (Fsp3) is 0.0714. The molecule has 0 aliphatic rings. The van der Waals surface area contributed by atoms with E-state index in [9.17, 15) is 4.79 Å². The van der Waals surface area contributed by atoms with Gasteiger partial charge < -0.3 is 0 Å². The molecule has 0 atom stereocenters. The van der Waals surface area contributed by atoms with E-state index < -0.39 is 0 Å². The maximum atomic E-state index is 12.1. The van der Waals surface area contributed by atoms with Gasteiger partial charge in [0.25, 0.3) is 0 Å². The zero-order valence-electron chi connectivity index (χ0n) is 9.17. The number of benzene rings is 2. The quantitative estimate of drug-likeness (QED) is 0.508. The van der Waals surface area contributed by atoms with Crippen LogP contribution in [0.5, 0.6) is 0 Å². The smallest absolute Gasteiger partial charge is 0.193 e. The normalized spacial score (nSPS) is 10.2. The van der Waals surface area contributed by atoms with E-state index in [1.54, 1.807) is 0 Å². The molecule has 0 spiro atoms. The molecule has 0 aliphatic carbocycles. The van der Waals surface area contributed by atoms with Gasteiger partial charge in [-0.1, -0.05) is 65.4 Å². The Kier molecular flexibility index (Phi) is 4.29. The molecule has 0 fully saturated rings. The molecule has 0 N–H and O–H groups in total. The summed E-state index contributed by atoms with van der Waals surface area (Å²) in [6, 6.07) is 17.0. The molecule has 2 rings (SSSR count). The summed E-state index contributed by atoms with van der Waals surface area (Å²) in [4.78, 5) is 12.1. The van der Waals surface area contributed by atoms with Crippen LogP contribution in [0.4, 0.5) is 0 Å². The molecule has 86 valence electrons. The Balaban J connectivity index is 2.20. The number of carbonyl (C=O) groups is 1. The van der Waals surface area contributed by atoms with Crippen LogP contribution in [0, 0.1) is 0 Å². The zero-order valence-corrected chi connectivity index (χ0v) is 10.9. The zero-order chi connectivity index (χ0) is 12.1. The van der Waals surface area contributed by atoms with Crippen LogP contribution in [0.2, 0.25) is 0 Å². The lowest BCUT2D eigenvalue weighted by Crippen LogP contribution is -2.00. The second-order valence-corrected chi connectivity index (χ2v) is 4.99. The lowest BCUT2D eigenvalue weighted by molar-refractivity contribution is 0.103. The number of rotatable bonds is 4. The van der Waals surface area contributed by atoms with Gasteiger partial charge in [-0.2, -0.15) is 0 Å². The number of hydrogen-bond acceptors (Lipinski definition) is 3. The monoisotopic (exact) mass is 260 g/mol. The van der Waals surface area contributed by atoms with Crippen molar-refractivity contribution in [3.05, 3.63) is 71.3 Å². The summed E-state index contributed by atoms with van der Waals surface area (Å²) in [5.41, 5.74) is 2.63. The topological polar surface area (TPSA) is 17.1 Å². The molecule has 0 saturated heterocycles. The van der Waals surface area contributed by atoms with E-state index in [0.717, 1.165) is 16.9 Å². The minimum atomic E-state index is 0.0654. The predicted molar refractivity (Wildman–Crippen MR) is 76.6 cm³/mol. The first-order valence-electron chi connectivity index (χ1n) is 5.26. The second-order valence-electron chi connectivity index (χ2n) is 3.67. The Labute approximate surface area is 110 Å². The first kappa shape index (κ1) is 12.3. The molecule has 1 nitrogen and oxygen atoms in total. The van der Waals surface area contributed by atoms with E-state index >= 15 is 0 Å². The molecular weight excluding hydrogens is 248 g/mol. The molecule has 3 heteroatoms. The number of ketones is 1. The highest BCUT2D eigenvalue weighted by Crippen LogP contribution is 2.17. The average molecular weight is 260 g/mol. The average Bonchev–Trinajstić information content (AvgIpc) is 2.40. The van der Waals surface area contributed by atoms with Crippen molar-refractivity contribution in [3.8, 4) is 0 Å². The lowest BCUT2D eigenvalue weighted by Gasteiger charge is -2.02. The summed E-state index contributed by atoms with van der Waals surface area (Å²) in [7, 11) is 1.47. The first-order chi connectivity index (χ1) is 8.31. The van der Waals surface area contributed by atoms with Crippen LogP contribution in [-0.2, 0) is 5.75 Å². The van der Waals surface area contributed by atoms with Crippen LogP contribution in [0.25, 0.3) is 0 Å². The van der Waals surface area contributed by atoms with E-state index in [0.29, 0.717) is 0 Å². The SMILES string of the molecule is O=C(c1ccccc1)c1ccc(CSS)cc1. The summed E-state index contributed by atoms with van der Waals surface area (Å²) in [6.45, 7) is 0. The summed E-state index contributed by atoms with van der Waals surface area (Å²) < 4.78 is 0. The number of thiol groups is 1. The van der Waals surface area contributed by atoms with E-state index in [4.69, 9.17) is 0 Å². The van der Waals surface area contributed by atoms with Crippen molar-refractivity contribution >= 4 is 28.2 Å². The third kappa shape index (κ3) is 3.14. The van der Waals surface area contributed by atoms with E-state index in [1.165, 1.54) is 16.4 Å². The molecule has 0 saturated carbocycles. The van der Waals surface area contributed by atoms with Gasteiger partial charge in [0.2, 0.25) is 0 Å². The van der Waals surface area contributed by atoms with Crippen LogP contribution in [0.3, 0.4) is 0 Å². The van der Waals surface area contributed by atoms with Gasteiger partial charge in [0, 0.05) is 16.9 Å². The van der Waals surface area contributed by atoms with Crippen molar-refractivity contribution in [2.24, 2.45) is 0 Å². The van der Waals surface area contributed by atoms with Gasteiger partial charge in [-0.05, 0) is 5.56 Å². The molecule has 2 aromatic rings. The second kappa shape index (κ2) is 5.94. The minimum absolute atomic E-state index is 0.0654. The molecule has 0 unspecified atom stereocenters. The Morgan fingerprint density at radius 2 is 1.53 bits per heavy atom. The van der Waals surface area contributed by atoms with Crippen molar-refractivity contribution < 1.29 is 4.79 Å². The van der Waals surface area contributed by atoms with Gasteiger partial charge in [0.15, 0.2) is 5.78 Å². The Bertz CT molecular complexity index is 491. The molecule has 2 aromatic carbocycles. The van der Waals surface area contributed by atoms with Gasteiger partial charge in [-0.25, -0.2) is 0 Å². The standard InChI is InChI=1S/C14H12OS2/c15-14(12-4-2-1-3-5-12)13-8-6-11(7-9-13)10-17-16/h1-9,16H,10H2. The lowest BCUT2D eigenvalue weighted by atomic mass is 10.0.